The van der Waals surface area contributed by atoms with Crippen molar-refractivity contribution in [3.05, 3.63) is 90.0 Å². The van der Waals surface area contributed by atoms with E-state index < -0.39 is 16.5 Å². The first-order valence-corrected chi connectivity index (χ1v) is 12.0. The molecule has 0 atom stereocenters. The summed E-state index contributed by atoms with van der Waals surface area (Å²) in [6.07, 6.45) is -1.28. The van der Waals surface area contributed by atoms with Gasteiger partial charge in [0.05, 0.1) is 0 Å². The van der Waals surface area contributed by atoms with Crippen LogP contribution in [0.1, 0.15) is 52.7 Å². The Kier molecular flexibility index (Phi) is 6.24. The van der Waals surface area contributed by atoms with Gasteiger partial charge in [0.25, 0.3) is 0 Å². The monoisotopic (exact) mass is 436 g/mol. The first-order chi connectivity index (χ1) is 14.4. The van der Waals surface area contributed by atoms with Crippen LogP contribution in [0.5, 0.6) is 0 Å². The molecule has 3 rings (SSSR count). The van der Waals surface area contributed by atoms with Gasteiger partial charge in [-0.3, -0.25) is 0 Å². The summed E-state index contributed by atoms with van der Waals surface area (Å²) < 4.78 is 5.85. The van der Waals surface area contributed by atoms with Gasteiger partial charge in [-0.15, -0.1) is 0 Å². The molecule has 3 nitrogen and oxygen atoms in total. The van der Waals surface area contributed by atoms with Gasteiger partial charge < -0.3 is 9.29 Å². The molecule has 0 heterocycles. The lowest BCUT2D eigenvalue weighted by molar-refractivity contribution is 0.150. The third kappa shape index (κ3) is 4.80. The van der Waals surface area contributed by atoms with Gasteiger partial charge in [-0.25, -0.2) is 4.79 Å². The van der Waals surface area contributed by atoms with Crippen molar-refractivity contribution in [2.45, 2.75) is 67.1 Å². The van der Waals surface area contributed by atoms with E-state index in [9.17, 15) is 9.90 Å². The fraction of sp³-hybridized carbons (Fsp3) is 0.296. The van der Waals surface area contributed by atoms with Gasteiger partial charge in [-0.05, 0) is 68.7 Å². The van der Waals surface area contributed by atoms with Crippen molar-refractivity contribution in [2.24, 2.45) is 0 Å². The molecule has 0 aliphatic carbocycles. The predicted molar refractivity (Wildman–Crippen MR) is 128 cm³/mol. The average Bonchev–Trinajstić information content (AvgIpc) is 2.71. The van der Waals surface area contributed by atoms with Crippen molar-refractivity contribution in [3.8, 4) is 0 Å². The van der Waals surface area contributed by atoms with Crippen molar-refractivity contribution >= 4 is 16.5 Å². The molecule has 3 aromatic rings. The molecular weight excluding hydrogens is 404 g/mol. The van der Waals surface area contributed by atoms with Gasteiger partial charge in [0.2, 0.25) is 0 Å². The lowest BCUT2D eigenvalue weighted by atomic mass is 9.87. The van der Waals surface area contributed by atoms with Crippen molar-refractivity contribution in [1.29, 1.82) is 0 Å². The van der Waals surface area contributed by atoms with E-state index >= 15 is 0 Å². The normalized spacial score (nSPS) is 13.0. The van der Waals surface area contributed by atoms with Crippen LogP contribution in [0.25, 0.3) is 0 Å². The summed E-state index contributed by atoms with van der Waals surface area (Å²) in [6.45, 7) is 13.0. The number of carboxylic acid groups (broad SMARTS) is 1. The Morgan fingerprint density at radius 2 is 1.00 bits per heavy atom. The summed E-state index contributed by atoms with van der Waals surface area (Å²) >= 11 is 0. The molecular formula is C27H32O3S. The fourth-order valence-electron chi connectivity index (χ4n) is 3.56. The van der Waals surface area contributed by atoms with E-state index in [2.05, 4.69) is 65.8 Å². The Morgan fingerprint density at radius 3 is 1.32 bits per heavy atom. The molecule has 0 bridgehead atoms. The summed E-state index contributed by atoms with van der Waals surface area (Å²) in [5, 5.41) is 9.80. The molecule has 0 aromatic heterocycles. The number of hydrogen-bond acceptors (Lipinski definition) is 2. The SMILES string of the molecule is CC(C)(C)c1ccc(S(OC(=O)O)(c2ccccc2)c2ccc(C(C)(C)C)cc2)cc1. The molecule has 1 N–H and O–H groups in total. The number of benzene rings is 3. The Bertz CT molecular complexity index is 968. The number of hydrogen-bond donors (Lipinski definition) is 1. The van der Waals surface area contributed by atoms with Crippen molar-refractivity contribution in [2.75, 3.05) is 0 Å². The van der Waals surface area contributed by atoms with Crippen LogP contribution in [0, 0.1) is 0 Å². The van der Waals surface area contributed by atoms with E-state index in [1.165, 1.54) is 11.1 Å². The first-order valence-electron chi connectivity index (χ1n) is 10.5. The van der Waals surface area contributed by atoms with Gasteiger partial charge in [0.1, 0.15) is 0 Å². The highest BCUT2D eigenvalue weighted by Crippen LogP contribution is 2.69. The molecule has 4 heteroatoms. The molecule has 0 radical (unpaired) electrons. The average molecular weight is 437 g/mol. The quantitative estimate of drug-likeness (QED) is 0.448. The van der Waals surface area contributed by atoms with E-state index in [1.807, 2.05) is 54.6 Å². The second kappa shape index (κ2) is 8.43. The minimum atomic E-state index is -2.46. The highest BCUT2D eigenvalue weighted by atomic mass is 32.3. The highest BCUT2D eigenvalue weighted by molar-refractivity contribution is 8.30. The molecule has 0 saturated carbocycles. The third-order valence-electron chi connectivity index (χ3n) is 5.38. The summed E-state index contributed by atoms with van der Waals surface area (Å²) in [4.78, 5) is 14.6. The maximum atomic E-state index is 12.0. The van der Waals surface area contributed by atoms with Gasteiger partial charge in [-0.2, -0.15) is 0 Å². The van der Waals surface area contributed by atoms with Crippen LogP contribution in [-0.4, -0.2) is 11.3 Å². The number of carbonyl (C=O) groups is 1. The Labute approximate surface area is 187 Å². The lowest BCUT2D eigenvalue weighted by Crippen LogP contribution is -2.15. The summed E-state index contributed by atoms with van der Waals surface area (Å²) in [5.74, 6) is 0. The minimum absolute atomic E-state index is 0.00524. The predicted octanol–water partition coefficient (Wildman–Crippen LogP) is 8.17. The molecule has 31 heavy (non-hydrogen) atoms. The topological polar surface area (TPSA) is 46.5 Å². The molecule has 0 spiro atoms. The maximum absolute atomic E-state index is 12.0. The molecule has 0 aliphatic rings. The molecule has 3 aromatic carbocycles. The van der Waals surface area contributed by atoms with Crippen LogP contribution in [0.3, 0.4) is 0 Å². The highest BCUT2D eigenvalue weighted by Gasteiger charge is 2.36. The Balaban J connectivity index is 2.27. The number of rotatable bonds is 4. The van der Waals surface area contributed by atoms with Crippen molar-refractivity contribution in [3.63, 3.8) is 0 Å². The van der Waals surface area contributed by atoms with Crippen molar-refractivity contribution in [1.82, 2.24) is 0 Å². The smallest absolute Gasteiger partial charge is 0.449 e. The molecule has 0 aliphatic heterocycles. The van der Waals surface area contributed by atoms with Crippen LogP contribution >= 0.6 is 10.3 Å². The second-order valence-corrected chi connectivity index (χ2v) is 12.5. The van der Waals surface area contributed by atoms with Crippen LogP contribution < -0.4 is 0 Å². The van der Waals surface area contributed by atoms with Crippen LogP contribution in [-0.2, 0) is 15.0 Å². The second-order valence-electron chi connectivity index (χ2n) is 9.77. The van der Waals surface area contributed by atoms with Crippen molar-refractivity contribution < 1.29 is 14.1 Å². The standard InChI is InChI=1S/C27H32O3S/c1-26(2,3)20-12-16-23(17-13-20)31(30-25(28)29,22-10-8-7-9-11-22)24-18-14-21(15-19-24)27(4,5)6/h7-19H,1-6H3,(H,28,29). The largest absolute Gasteiger partial charge is 0.517 e. The molecule has 164 valence electrons. The van der Waals surface area contributed by atoms with Crippen LogP contribution in [0.15, 0.2) is 93.5 Å². The fourth-order valence-corrected chi connectivity index (χ4v) is 6.46. The zero-order valence-corrected chi connectivity index (χ0v) is 20.0. The zero-order chi connectivity index (χ0) is 22.9. The van der Waals surface area contributed by atoms with E-state index in [0.29, 0.717) is 0 Å². The summed E-state index contributed by atoms with van der Waals surface area (Å²) in [6, 6.07) is 26.1. The van der Waals surface area contributed by atoms with Crippen LogP contribution in [0.2, 0.25) is 0 Å². The lowest BCUT2D eigenvalue weighted by Gasteiger charge is -2.39. The van der Waals surface area contributed by atoms with E-state index in [1.54, 1.807) is 0 Å². The summed E-state index contributed by atoms with van der Waals surface area (Å²) in [5.41, 5.74) is 2.39. The van der Waals surface area contributed by atoms with Gasteiger partial charge >= 0.3 is 6.16 Å². The van der Waals surface area contributed by atoms with Crippen LogP contribution in [0.4, 0.5) is 4.79 Å². The molecule has 0 saturated heterocycles. The molecule has 0 unspecified atom stereocenters. The van der Waals surface area contributed by atoms with E-state index in [-0.39, 0.29) is 10.8 Å². The van der Waals surface area contributed by atoms with E-state index in [0.717, 1.165) is 14.7 Å². The van der Waals surface area contributed by atoms with E-state index in [4.69, 9.17) is 4.18 Å². The zero-order valence-electron chi connectivity index (χ0n) is 19.2. The molecule has 0 amide bonds. The third-order valence-corrected chi connectivity index (χ3v) is 8.58. The summed E-state index contributed by atoms with van der Waals surface area (Å²) in [7, 11) is -2.46. The minimum Gasteiger partial charge on any atom is -0.449 e. The first kappa shape index (κ1) is 23.0. The Hall–Kier alpha value is -2.72. The Morgan fingerprint density at radius 1 is 0.645 bits per heavy atom. The van der Waals surface area contributed by atoms with Gasteiger partial charge in [0.15, 0.2) is 0 Å². The maximum Gasteiger partial charge on any atom is 0.517 e. The van der Waals surface area contributed by atoms with Gasteiger partial charge in [-0.1, -0.05) is 84.0 Å². The van der Waals surface area contributed by atoms with Gasteiger partial charge in [0, 0.05) is 14.7 Å². The molecule has 0 fully saturated rings.